The van der Waals surface area contributed by atoms with E-state index >= 15 is 0 Å². The molecule has 2 rings (SSSR count). The zero-order chi connectivity index (χ0) is 19.1. The molecule has 0 saturated heterocycles. The Hall–Kier alpha value is -2.60. The van der Waals surface area contributed by atoms with Gasteiger partial charge in [0, 0.05) is 6.20 Å². The summed E-state index contributed by atoms with van der Waals surface area (Å²) >= 11 is 5.88. The van der Waals surface area contributed by atoms with Crippen molar-refractivity contribution < 1.29 is 19.1 Å². The smallest absolute Gasteiger partial charge is 0.344 e. The first kappa shape index (κ1) is 19.7. The third-order valence-electron chi connectivity index (χ3n) is 3.58. The van der Waals surface area contributed by atoms with Crippen LogP contribution < -0.4 is 10.1 Å². The number of nitrogens with one attached hydrogen (secondary N) is 1. The van der Waals surface area contributed by atoms with Crippen molar-refractivity contribution in [3.8, 4) is 5.75 Å². The number of para-hydroxylation sites is 1. The van der Waals surface area contributed by atoms with Crippen LogP contribution in [-0.4, -0.2) is 29.6 Å². The number of esters is 1. The van der Waals surface area contributed by atoms with E-state index in [1.807, 2.05) is 32.0 Å². The molecule has 6 nitrogen and oxygen atoms in total. The normalized spacial score (nSPS) is 11.7. The van der Waals surface area contributed by atoms with E-state index in [-0.39, 0.29) is 17.7 Å². The number of halogens is 1. The van der Waals surface area contributed by atoms with Gasteiger partial charge in [-0.05, 0) is 36.6 Å². The summed E-state index contributed by atoms with van der Waals surface area (Å²) in [5.74, 6) is -0.255. The largest absolute Gasteiger partial charge is 0.482 e. The van der Waals surface area contributed by atoms with Gasteiger partial charge in [0.2, 0.25) is 0 Å². The lowest BCUT2D eigenvalue weighted by Crippen LogP contribution is -2.31. The van der Waals surface area contributed by atoms with Crippen LogP contribution in [0.5, 0.6) is 5.75 Å². The second-order valence-corrected chi connectivity index (χ2v) is 6.30. The lowest BCUT2D eigenvalue weighted by molar-refractivity contribution is -0.155. The van der Waals surface area contributed by atoms with Crippen molar-refractivity contribution in [3.05, 3.63) is 53.3 Å². The molecular formula is C19H21ClN2O4. The monoisotopic (exact) mass is 376 g/mol. The van der Waals surface area contributed by atoms with Crippen LogP contribution >= 0.6 is 11.6 Å². The quantitative estimate of drug-likeness (QED) is 0.587. The van der Waals surface area contributed by atoms with Crippen LogP contribution in [0.3, 0.4) is 0 Å². The van der Waals surface area contributed by atoms with Gasteiger partial charge < -0.3 is 14.8 Å². The topological polar surface area (TPSA) is 77.5 Å². The second-order valence-electron chi connectivity index (χ2n) is 5.94. The Bertz CT molecular complexity index is 780. The molecule has 0 saturated carbocycles. The van der Waals surface area contributed by atoms with Crippen LogP contribution in [0.15, 0.2) is 42.6 Å². The minimum Gasteiger partial charge on any atom is -0.482 e. The van der Waals surface area contributed by atoms with Crippen molar-refractivity contribution in [3.63, 3.8) is 0 Å². The summed E-state index contributed by atoms with van der Waals surface area (Å²) in [7, 11) is 0. The molecule has 0 bridgehead atoms. The first-order valence-electron chi connectivity index (χ1n) is 8.21. The van der Waals surface area contributed by atoms with Gasteiger partial charge in [-0.25, -0.2) is 9.78 Å². The fraction of sp³-hybridized carbons (Fsp3) is 0.316. The van der Waals surface area contributed by atoms with Crippen molar-refractivity contribution in [2.45, 2.75) is 32.8 Å². The molecule has 1 N–H and O–H groups in total. The first-order valence-corrected chi connectivity index (χ1v) is 8.59. The number of hydrogen-bond donors (Lipinski definition) is 1. The molecule has 1 atom stereocenters. The third kappa shape index (κ3) is 5.46. The Labute approximate surface area is 157 Å². The summed E-state index contributed by atoms with van der Waals surface area (Å²) in [4.78, 5) is 27.9. The van der Waals surface area contributed by atoms with Crippen LogP contribution in [0.1, 0.15) is 32.3 Å². The molecule has 0 aliphatic carbocycles. The summed E-state index contributed by atoms with van der Waals surface area (Å²) in [5.41, 5.74) is 1.35. The van der Waals surface area contributed by atoms with E-state index in [2.05, 4.69) is 10.3 Å². The van der Waals surface area contributed by atoms with E-state index in [0.717, 1.165) is 5.56 Å². The van der Waals surface area contributed by atoms with E-state index in [0.29, 0.717) is 11.4 Å². The number of carbonyl (C=O) groups is 2. The maximum Gasteiger partial charge on any atom is 0.344 e. The summed E-state index contributed by atoms with van der Waals surface area (Å²) in [6, 6.07) is 10.7. The van der Waals surface area contributed by atoms with Crippen molar-refractivity contribution in [1.29, 1.82) is 0 Å². The van der Waals surface area contributed by atoms with Crippen LogP contribution in [0.25, 0.3) is 0 Å². The molecule has 7 heteroatoms. The average Bonchev–Trinajstić information content (AvgIpc) is 2.62. The summed E-state index contributed by atoms with van der Waals surface area (Å²) in [6.07, 6.45) is 0.510. The fourth-order valence-electron chi connectivity index (χ4n) is 2.22. The van der Waals surface area contributed by atoms with Crippen LogP contribution in [0.4, 0.5) is 5.69 Å². The summed E-state index contributed by atoms with van der Waals surface area (Å²) in [6.45, 7) is 5.27. The van der Waals surface area contributed by atoms with Crippen LogP contribution in [-0.2, 0) is 14.3 Å². The summed E-state index contributed by atoms with van der Waals surface area (Å²) in [5, 5.41) is 2.72. The zero-order valence-corrected chi connectivity index (χ0v) is 15.6. The number of benzene rings is 1. The lowest BCUT2D eigenvalue weighted by atomic mass is 10.0. The van der Waals surface area contributed by atoms with Gasteiger partial charge in [0.25, 0.3) is 5.91 Å². The molecule has 26 heavy (non-hydrogen) atoms. The standard InChI is InChI=1S/C19H21ClN2O4/c1-12(2)14-7-4-5-9-16(14)25-11-17(23)26-13(3)19(24)22-15-8-6-10-21-18(15)20/h4-10,12-13H,11H2,1-3H3,(H,22,24)/t13-/m1/s1. The van der Waals surface area contributed by atoms with Crippen molar-refractivity contribution >= 4 is 29.2 Å². The Balaban J connectivity index is 1.87. The number of amides is 1. The maximum absolute atomic E-state index is 12.1. The van der Waals surface area contributed by atoms with E-state index < -0.39 is 18.0 Å². The lowest BCUT2D eigenvalue weighted by Gasteiger charge is -2.16. The van der Waals surface area contributed by atoms with E-state index in [1.165, 1.54) is 13.1 Å². The molecule has 0 fully saturated rings. The van der Waals surface area contributed by atoms with E-state index in [4.69, 9.17) is 21.1 Å². The number of nitrogens with zero attached hydrogens (tertiary/aromatic N) is 1. The molecule has 1 heterocycles. The van der Waals surface area contributed by atoms with Gasteiger partial charge in [-0.3, -0.25) is 4.79 Å². The Morgan fingerprint density at radius 2 is 1.88 bits per heavy atom. The van der Waals surface area contributed by atoms with Gasteiger partial charge in [-0.15, -0.1) is 0 Å². The average molecular weight is 377 g/mol. The highest BCUT2D eigenvalue weighted by atomic mass is 35.5. The number of anilines is 1. The molecule has 0 aliphatic heterocycles. The van der Waals surface area contributed by atoms with Gasteiger partial charge in [0.15, 0.2) is 17.9 Å². The molecule has 2 aromatic rings. The summed E-state index contributed by atoms with van der Waals surface area (Å²) < 4.78 is 10.6. The molecule has 0 radical (unpaired) electrons. The second kappa shape index (κ2) is 9.20. The molecule has 0 spiro atoms. The minimum absolute atomic E-state index is 0.160. The molecule has 1 aromatic carbocycles. The molecule has 0 unspecified atom stereocenters. The van der Waals surface area contributed by atoms with Gasteiger partial charge in [-0.2, -0.15) is 0 Å². The number of aromatic nitrogens is 1. The third-order valence-corrected chi connectivity index (χ3v) is 3.88. The van der Waals surface area contributed by atoms with Crippen molar-refractivity contribution in [1.82, 2.24) is 4.98 Å². The zero-order valence-electron chi connectivity index (χ0n) is 14.9. The number of carbonyl (C=O) groups excluding carboxylic acids is 2. The van der Waals surface area contributed by atoms with Crippen LogP contribution in [0.2, 0.25) is 5.15 Å². The van der Waals surface area contributed by atoms with Gasteiger partial charge >= 0.3 is 5.97 Å². The highest BCUT2D eigenvalue weighted by molar-refractivity contribution is 6.32. The van der Waals surface area contributed by atoms with Gasteiger partial charge in [0.05, 0.1) is 5.69 Å². The number of pyridine rings is 1. The van der Waals surface area contributed by atoms with E-state index in [9.17, 15) is 9.59 Å². The van der Waals surface area contributed by atoms with E-state index in [1.54, 1.807) is 18.2 Å². The maximum atomic E-state index is 12.1. The SMILES string of the molecule is CC(C)c1ccccc1OCC(=O)O[C@H](C)C(=O)Nc1cccnc1Cl. The van der Waals surface area contributed by atoms with Gasteiger partial charge in [0.1, 0.15) is 5.75 Å². The Kier molecular flexibility index (Phi) is 6.97. The van der Waals surface area contributed by atoms with Crippen LogP contribution in [0, 0.1) is 0 Å². The molecule has 1 aromatic heterocycles. The predicted octanol–water partition coefficient (Wildman–Crippen LogP) is 3.81. The molecule has 0 aliphatic rings. The highest BCUT2D eigenvalue weighted by Crippen LogP contribution is 2.25. The number of hydrogen-bond acceptors (Lipinski definition) is 5. The number of rotatable bonds is 7. The molecular weight excluding hydrogens is 356 g/mol. The fourth-order valence-corrected chi connectivity index (χ4v) is 2.39. The molecule has 138 valence electrons. The minimum atomic E-state index is -0.997. The first-order chi connectivity index (χ1) is 12.4. The molecule has 1 amide bonds. The predicted molar refractivity (Wildman–Crippen MR) is 99.5 cm³/mol. The Morgan fingerprint density at radius 3 is 2.58 bits per heavy atom. The Morgan fingerprint density at radius 1 is 1.15 bits per heavy atom. The van der Waals surface area contributed by atoms with Gasteiger partial charge in [-0.1, -0.05) is 43.6 Å². The van der Waals surface area contributed by atoms with Crippen molar-refractivity contribution in [2.24, 2.45) is 0 Å². The number of ether oxygens (including phenoxy) is 2. The van der Waals surface area contributed by atoms with Crippen molar-refractivity contribution in [2.75, 3.05) is 11.9 Å². The highest BCUT2D eigenvalue weighted by Gasteiger charge is 2.19.